The Hall–Kier alpha value is -1.01. The predicted molar refractivity (Wildman–Crippen MR) is 71.2 cm³/mol. The van der Waals surface area contributed by atoms with Gasteiger partial charge in [-0.05, 0) is 22.0 Å². The van der Waals surface area contributed by atoms with Crippen LogP contribution in [0.4, 0.5) is 0 Å². The van der Waals surface area contributed by atoms with E-state index >= 15 is 0 Å². The number of aromatic nitrogens is 3. The van der Waals surface area contributed by atoms with Gasteiger partial charge in [0.05, 0.1) is 11.3 Å². The summed E-state index contributed by atoms with van der Waals surface area (Å²) >= 11 is 8.31. The molecule has 16 heavy (non-hydrogen) atoms. The van der Waals surface area contributed by atoms with Gasteiger partial charge >= 0.3 is 0 Å². The molecule has 6 heteroatoms. The van der Waals surface area contributed by atoms with Crippen molar-refractivity contribution in [3.05, 3.63) is 23.1 Å². The number of hydrogen-bond acceptors (Lipinski definition) is 3. The van der Waals surface area contributed by atoms with Gasteiger partial charge in [0, 0.05) is 23.1 Å². The number of rotatable bonds is 3. The summed E-state index contributed by atoms with van der Waals surface area (Å²) in [6.45, 7) is 2.70. The van der Waals surface area contributed by atoms with Gasteiger partial charge in [-0.15, -0.1) is 0 Å². The molecule has 0 saturated heterocycles. The van der Waals surface area contributed by atoms with Crippen molar-refractivity contribution in [3.63, 3.8) is 0 Å². The Morgan fingerprint density at radius 3 is 3.06 bits per heavy atom. The number of nitrogens with zero attached hydrogens (tertiary/aromatic N) is 3. The first-order valence-electron chi connectivity index (χ1n) is 4.83. The predicted octanol–water partition coefficient (Wildman–Crippen LogP) is 2.12. The van der Waals surface area contributed by atoms with Crippen molar-refractivity contribution in [2.45, 2.75) is 13.5 Å². The molecule has 2 N–H and O–H groups in total. The highest BCUT2D eigenvalue weighted by Gasteiger charge is 2.10. The molecule has 0 aliphatic carbocycles. The molecule has 0 spiro atoms. The molecule has 84 valence electrons. The summed E-state index contributed by atoms with van der Waals surface area (Å²) in [5.74, 6) is 0.137. The van der Waals surface area contributed by atoms with E-state index in [0.29, 0.717) is 11.5 Å². The molecule has 0 fully saturated rings. The lowest BCUT2D eigenvalue weighted by Crippen LogP contribution is -2.22. The van der Waals surface area contributed by atoms with E-state index in [4.69, 9.17) is 18.0 Å². The van der Waals surface area contributed by atoms with Crippen molar-refractivity contribution >= 4 is 44.3 Å². The number of pyridine rings is 1. The quantitative estimate of drug-likeness (QED) is 0.882. The van der Waals surface area contributed by atoms with Crippen molar-refractivity contribution in [2.75, 3.05) is 0 Å². The van der Waals surface area contributed by atoms with E-state index in [2.05, 4.69) is 25.9 Å². The molecule has 1 unspecified atom stereocenters. The van der Waals surface area contributed by atoms with Crippen LogP contribution in [0.5, 0.6) is 0 Å². The van der Waals surface area contributed by atoms with Crippen LogP contribution >= 0.6 is 28.1 Å². The first-order chi connectivity index (χ1) is 7.58. The standard InChI is InChI=1S/C10H11BrN4S/c1-6(9(12)16)4-15-5-14-8-2-7(11)3-13-10(8)15/h2-3,5-6H,4H2,1H3,(H2,12,16). The molecule has 4 nitrogen and oxygen atoms in total. The van der Waals surface area contributed by atoms with Gasteiger partial charge in [0.25, 0.3) is 0 Å². The van der Waals surface area contributed by atoms with Gasteiger partial charge in [-0.3, -0.25) is 0 Å². The summed E-state index contributed by atoms with van der Waals surface area (Å²) in [6, 6.07) is 1.93. The molecule has 0 aliphatic rings. The van der Waals surface area contributed by atoms with Crippen LogP contribution in [0.15, 0.2) is 23.1 Å². The highest BCUT2D eigenvalue weighted by atomic mass is 79.9. The Morgan fingerprint density at radius 1 is 1.62 bits per heavy atom. The Balaban J connectivity index is 2.35. The Bertz CT molecular complexity index is 537. The third-order valence-corrected chi connectivity index (χ3v) is 3.21. The highest BCUT2D eigenvalue weighted by Crippen LogP contribution is 2.16. The first-order valence-corrected chi connectivity index (χ1v) is 6.03. The summed E-state index contributed by atoms with van der Waals surface area (Å²) in [5, 5.41) is 0. The van der Waals surface area contributed by atoms with Gasteiger partial charge < -0.3 is 10.3 Å². The lowest BCUT2D eigenvalue weighted by Gasteiger charge is -2.10. The van der Waals surface area contributed by atoms with Gasteiger partial charge in [-0.2, -0.15) is 0 Å². The van der Waals surface area contributed by atoms with Crippen LogP contribution in [0.25, 0.3) is 11.2 Å². The van der Waals surface area contributed by atoms with E-state index in [1.807, 2.05) is 17.6 Å². The van der Waals surface area contributed by atoms with Gasteiger partial charge in [0.2, 0.25) is 0 Å². The zero-order valence-electron chi connectivity index (χ0n) is 8.72. The number of imidazole rings is 1. The third kappa shape index (κ3) is 2.22. The Labute approximate surface area is 107 Å². The van der Waals surface area contributed by atoms with Crippen LogP contribution in [-0.2, 0) is 6.54 Å². The maximum absolute atomic E-state index is 5.59. The molecule has 0 bridgehead atoms. The number of halogens is 1. The molecule has 0 aliphatic heterocycles. The average molecular weight is 299 g/mol. The van der Waals surface area contributed by atoms with Crippen molar-refractivity contribution in [1.82, 2.24) is 14.5 Å². The zero-order valence-corrected chi connectivity index (χ0v) is 11.1. The van der Waals surface area contributed by atoms with Crippen molar-refractivity contribution < 1.29 is 0 Å². The second-order valence-corrected chi connectivity index (χ2v) is 5.08. The second kappa shape index (κ2) is 4.47. The normalized spacial score (nSPS) is 12.9. The fourth-order valence-corrected chi connectivity index (χ4v) is 1.84. The van der Waals surface area contributed by atoms with Gasteiger partial charge in [0.1, 0.15) is 5.52 Å². The van der Waals surface area contributed by atoms with E-state index in [0.717, 1.165) is 15.6 Å². The summed E-state index contributed by atoms with van der Waals surface area (Å²) in [7, 11) is 0. The van der Waals surface area contributed by atoms with Gasteiger partial charge in [0.15, 0.2) is 5.65 Å². The molecule has 2 rings (SSSR count). The van der Waals surface area contributed by atoms with Crippen LogP contribution in [0.3, 0.4) is 0 Å². The molecule has 0 radical (unpaired) electrons. The number of nitrogens with two attached hydrogens (primary N) is 1. The topological polar surface area (TPSA) is 56.7 Å². The zero-order chi connectivity index (χ0) is 11.7. The number of hydrogen-bond donors (Lipinski definition) is 1. The van der Waals surface area contributed by atoms with Crippen molar-refractivity contribution in [2.24, 2.45) is 11.7 Å². The number of fused-ring (bicyclic) bond motifs is 1. The minimum atomic E-state index is 0.137. The van der Waals surface area contributed by atoms with E-state index in [9.17, 15) is 0 Å². The van der Waals surface area contributed by atoms with Crippen molar-refractivity contribution in [1.29, 1.82) is 0 Å². The molecular formula is C10H11BrN4S. The second-order valence-electron chi connectivity index (χ2n) is 3.70. The van der Waals surface area contributed by atoms with Gasteiger partial charge in [-0.1, -0.05) is 19.1 Å². The smallest absolute Gasteiger partial charge is 0.159 e. The van der Waals surface area contributed by atoms with Crippen LogP contribution in [0.2, 0.25) is 0 Å². The molecule has 2 heterocycles. The van der Waals surface area contributed by atoms with Crippen LogP contribution in [-0.4, -0.2) is 19.5 Å². The first kappa shape index (κ1) is 11.5. The fourth-order valence-electron chi connectivity index (χ4n) is 1.44. The molecular weight excluding hydrogens is 288 g/mol. The summed E-state index contributed by atoms with van der Waals surface area (Å²) in [6.07, 6.45) is 3.52. The molecule has 0 aromatic carbocycles. The Morgan fingerprint density at radius 2 is 2.38 bits per heavy atom. The van der Waals surface area contributed by atoms with E-state index in [1.165, 1.54) is 0 Å². The van der Waals surface area contributed by atoms with E-state index in [1.54, 1.807) is 12.5 Å². The van der Waals surface area contributed by atoms with Gasteiger partial charge in [-0.25, -0.2) is 9.97 Å². The van der Waals surface area contributed by atoms with E-state index < -0.39 is 0 Å². The SMILES string of the molecule is CC(Cn1cnc2cc(Br)cnc21)C(N)=S. The third-order valence-electron chi connectivity index (χ3n) is 2.38. The maximum atomic E-state index is 5.59. The summed E-state index contributed by atoms with van der Waals surface area (Å²) in [5.41, 5.74) is 7.31. The van der Waals surface area contributed by atoms with E-state index in [-0.39, 0.29) is 5.92 Å². The highest BCUT2D eigenvalue weighted by molar-refractivity contribution is 9.10. The van der Waals surface area contributed by atoms with Crippen LogP contribution in [0, 0.1) is 5.92 Å². The number of thiocarbonyl (C=S) groups is 1. The molecule has 0 saturated carbocycles. The van der Waals surface area contributed by atoms with Crippen LogP contribution < -0.4 is 5.73 Å². The summed E-state index contributed by atoms with van der Waals surface area (Å²) < 4.78 is 2.89. The monoisotopic (exact) mass is 298 g/mol. The van der Waals surface area contributed by atoms with Crippen molar-refractivity contribution in [3.8, 4) is 0 Å². The fraction of sp³-hybridized carbons (Fsp3) is 0.300. The maximum Gasteiger partial charge on any atom is 0.159 e. The minimum absolute atomic E-state index is 0.137. The molecule has 1 atom stereocenters. The molecule has 2 aromatic rings. The van der Waals surface area contributed by atoms with Crippen LogP contribution in [0.1, 0.15) is 6.92 Å². The average Bonchev–Trinajstić information content (AvgIpc) is 2.60. The lowest BCUT2D eigenvalue weighted by molar-refractivity contribution is 0.608. The minimum Gasteiger partial charge on any atom is -0.393 e. The Kier molecular flexibility index (Phi) is 3.20. The largest absolute Gasteiger partial charge is 0.393 e. The lowest BCUT2D eigenvalue weighted by atomic mass is 10.2. The molecule has 2 aromatic heterocycles. The summed E-state index contributed by atoms with van der Waals surface area (Å²) in [4.78, 5) is 9.11. The molecule has 0 amide bonds.